The number of benzene rings is 1. The summed E-state index contributed by atoms with van der Waals surface area (Å²) in [5.41, 5.74) is 0.647. The molecule has 1 fully saturated rings. The van der Waals surface area contributed by atoms with E-state index in [1.807, 2.05) is 11.4 Å². The average Bonchev–Trinajstić information content (AvgIpc) is 3.08. The SMILES string of the molecule is O=C(Nc1nc(CN2CCOCC2)cs1)c1cc2ccccc2oc1=O. The van der Waals surface area contributed by atoms with E-state index in [0.717, 1.165) is 32.0 Å². The Balaban J connectivity index is 1.48. The molecular weight excluding hydrogens is 354 g/mol. The van der Waals surface area contributed by atoms with Crippen LogP contribution in [0.4, 0.5) is 5.13 Å². The van der Waals surface area contributed by atoms with Crippen molar-refractivity contribution in [1.82, 2.24) is 9.88 Å². The van der Waals surface area contributed by atoms with Gasteiger partial charge in [0.25, 0.3) is 5.91 Å². The first-order valence-corrected chi connectivity index (χ1v) is 9.16. The number of para-hydroxylation sites is 1. The lowest BCUT2D eigenvalue weighted by atomic mass is 10.2. The van der Waals surface area contributed by atoms with Gasteiger partial charge in [-0.3, -0.25) is 15.0 Å². The highest BCUT2D eigenvalue weighted by atomic mass is 32.1. The third-order valence-corrected chi connectivity index (χ3v) is 4.95. The number of rotatable bonds is 4. The molecule has 0 bridgehead atoms. The molecule has 3 heterocycles. The van der Waals surface area contributed by atoms with Gasteiger partial charge in [-0.05, 0) is 12.1 Å². The molecule has 4 rings (SSSR count). The van der Waals surface area contributed by atoms with Gasteiger partial charge in [0.1, 0.15) is 11.1 Å². The van der Waals surface area contributed by atoms with Crippen LogP contribution in [0.3, 0.4) is 0 Å². The van der Waals surface area contributed by atoms with Gasteiger partial charge in [0, 0.05) is 30.4 Å². The van der Waals surface area contributed by atoms with Crippen LogP contribution in [0.2, 0.25) is 0 Å². The van der Waals surface area contributed by atoms with Crippen molar-refractivity contribution in [3.63, 3.8) is 0 Å². The average molecular weight is 371 g/mol. The minimum Gasteiger partial charge on any atom is -0.422 e. The predicted octanol–water partition coefficient (Wildman–Crippen LogP) is 2.33. The molecule has 1 saturated heterocycles. The number of hydrogen-bond acceptors (Lipinski definition) is 7. The second-order valence-electron chi connectivity index (χ2n) is 5.97. The monoisotopic (exact) mass is 371 g/mol. The normalized spacial score (nSPS) is 15.2. The summed E-state index contributed by atoms with van der Waals surface area (Å²) >= 11 is 1.34. The van der Waals surface area contributed by atoms with Gasteiger partial charge in [0.05, 0.1) is 18.9 Å². The fourth-order valence-electron chi connectivity index (χ4n) is 2.81. The quantitative estimate of drug-likeness (QED) is 0.709. The lowest BCUT2D eigenvalue weighted by Gasteiger charge is -2.25. The molecule has 3 aromatic rings. The zero-order valence-electron chi connectivity index (χ0n) is 13.9. The van der Waals surface area contributed by atoms with Crippen LogP contribution >= 0.6 is 11.3 Å². The van der Waals surface area contributed by atoms with Crippen molar-refractivity contribution in [2.75, 3.05) is 31.6 Å². The van der Waals surface area contributed by atoms with Gasteiger partial charge in [0.15, 0.2) is 5.13 Å². The van der Waals surface area contributed by atoms with Crippen LogP contribution in [0.1, 0.15) is 16.1 Å². The van der Waals surface area contributed by atoms with Crippen LogP contribution in [0, 0.1) is 0 Å². The van der Waals surface area contributed by atoms with Gasteiger partial charge in [-0.25, -0.2) is 9.78 Å². The summed E-state index contributed by atoms with van der Waals surface area (Å²) in [6.07, 6.45) is 0. The summed E-state index contributed by atoms with van der Waals surface area (Å²) < 4.78 is 10.5. The fraction of sp³-hybridized carbons (Fsp3) is 0.278. The van der Waals surface area contributed by atoms with E-state index in [1.165, 1.54) is 11.3 Å². The highest BCUT2D eigenvalue weighted by Gasteiger charge is 2.17. The fourth-order valence-corrected chi connectivity index (χ4v) is 3.51. The van der Waals surface area contributed by atoms with Crippen molar-refractivity contribution in [2.24, 2.45) is 0 Å². The molecule has 8 heteroatoms. The zero-order valence-corrected chi connectivity index (χ0v) is 14.8. The van der Waals surface area contributed by atoms with Gasteiger partial charge >= 0.3 is 5.63 Å². The number of anilines is 1. The summed E-state index contributed by atoms with van der Waals surface area (Å²) in [4.78, 5) is 31.2. The van der Waals surface area contributed by atoms with Crippen LogP contribution in [-0.2, 0) is 11.3 Å². The van der Waals surface area contributed by atoms with Gasteiger partial charge in [-0.2, -0.15) is 0 Å². The van der Waals surface area contributed by atoms with Gasteiger partial charge in [0.2, 0.25) is 0 Å². The first-order valence-electron chi connectivity index (χ1n) is 8.28. The van der Waals surface area contributed by atoms with Crippen molar-refractivity contribution in [1.29, 1.82) is 0 Å². The Hall–Kier alpha value is -2.55. The first-order chi connectivity index (χ1) is 12.7. The molecule has 134 valence electrons. The van der Waals surface area contributed by atoms with E-state index in [4.69, 9.17) is 9.15 Å². The van der Waals surface area contributed by atoms with Crippen LogP contribution in [0.25, 0.3) is 11.0 Å². The molecule has 1 aliphatic heterocycles. The topological polar surface area (TPSA) is 84.7 Å². The Morgan fingerprint density at radius 2 is 2.08 bits per heavy atom. The van der Waals surface area contributed by atoms with E-state index in [-0.39, 0.29) is 5.56 Å². The number of thiazole rings is 1. The molecule has 2 aromatic heterocycles. The number of carbonyl (C=O) groups is 1. The molecule has 1 N–H and O–H groups in total. The molecule has 0 atom stereocenters. The highest BCUT2D eigenvalue weighted by molar-refractivity contribution is 7.13. The summed E-state index contributed by atoms with van der Waals surface area (Å²) in [5, 5.41) is 5.76. The van der Waals surface area contributed by atoms with E-state index >= 15 is 0 Å². The number of nitrogens with zero attached hydrogens (tertiary/aromatic N) is 2. The Labute approximate surface area is 153 Å². The number of nitrogens with one attached hydrogen (secondary N) is 1. The summed E-state index contributed by atoms with van der Waals surface area (Å²) in [5.74, 6) is -0.517. The molecule has 1 amide bonds. The number of hydrogen-bond donors (Lipinski definition) is 1. The number of carbonyl (C=O) groups excluding carboxylic acids is 1. The van der Waals surface area contributed by atoms with E-state index < -0.39 is 11.5 Å². The minimum absolute atomic E-state index is 0.0337. The molecule has 1 aromatic carbocycles. The maximum absolute atomic E-state index is 12.4. The summed E-state index contributed by atoms with van der Waals surface area (Å²) in [6.45, 7) is 3.92. The van der Waals surface area contributed by atoms with Crippen LogP contribution in [-0.4, -0.2) is 42.1 Å². The molecule has 0 radical (unpaired) electrons. The Morgan fingerprint density at radius 1 is 1.27 bits per heavy atom. The lowest BCUT2D eigenvalue weighted by molar-refractivity contribution is 0.0337. The molecule has 0 saturated carbocycles. The van der Waals surface area contributed by atoms with Gasteiger partial charge < -0.3 is 9.15 Å². The standard InChI is InChI=1S/C18H17N3O4S/c22-16(14-9-12-3-1-2-4-15(12)25-17(14)23)20-18-19-13(11-26-18)10-21-5-7-24-8-6-21/h1-4,9,11H,5-8,10H2,(H,19,20,22). The number of ether oxygens (including phenoxy) is 1. The van der Waals surface area contributed by atoms with E-state index in [9.17, 15) is 9.59 Å². The third kappa shape index (κ3) is 3.67. The van der Waals surface area contributed by atoms with E-state index in [1.54, 1.807) is 24.3 Å². The highest BCUT2D eigenvalue weighted by Crippen LogP contribution is 2.19. The van der Waals surface area contributed by atoms with E-state index in [0.29, 0.717) is 22.6 Å². The number of aromatic nitrogens is 1. The minimum atomic E-state index is -0.661. The van der Waals surface area contributed by atoms with E-state index in [2.05, 4.69) is 15.2 Å². The van der Waals surface area contributed by atoms with Crippen LogP contribution in [0.5, 0.6) is 0 Å². The van der Waals surface area contributed by atoms with Crippen molar-refractivity contribution < 1.29 is 13.9 Å². The summed E-state index contributed by atoms with van der Waals surface area (Å²) in [6, 6.07) is 8.62. The van der Waals surface area contributed by atoms with Crippen LogP contribution < -0.4 is 10.9 Å². The molecule has 7 nitrogen and oxygen atoms in total. The molecule has 0 aliphatic carbocycles. The molecular formula is C18H17N3O4S. The molecule has 26 heavy (non-hydrogen) atoms. The first kappa shape index (κ1) is 16.9. The van der Waals surface area contributed by atoms with Crippen molar-refractivity contribution in [3.8, 4) is 0 Å². The Morgan fingerprint density at radius 3 is 2.92 bits per heavy atom. The van der Waals surface area contributed by atoms with Crippen molar-refractivity contribution in [3.05, 3.63) is 57.4 Å². The number of amides is 1. The molecule has 0 unspecified atom stereocenters. The second-order valence-corrected chi connectivity index (χ2v) is 6.83. The summed E-state index contributed by atoms with van der Waals surface area (Å²) in [7, 11) is 0. The Kier molecular flexibility index (Phi) is 4.79. The van der Waals surface area contributed by atoms with Crippen LogP contribution in [0.15, 0.2) is 44.9 Å². The maximum atomic E-state index is 12.4. The number of morpholine rings is 1. The zero-order chi connectivity index (χ0) is 17.9. The van der Waals surface area contributed by atoms with Crippen molar-refractivity contribution >= 4 is 33.3 Å². The second kappa shape index (κ2) is 7.36. The predicted molar refractivity (Wildman–Crippen MR) is 98.6 cm³/mol. The lowest BCUT2D eigenvalue weighted by Crippen LogP contribution is -2.35. The molecule has 0 spiro atoms. The molecule has 1 aliphatic rings. The van der Waals surface area contributed by atoms with Gasteiger partial charge in [-0.15, -0.1) is 11.3 Å². The third-order valence-electron chi connectivity index (χ3n) is 4.15. The van der Waals surface area contributed by atoms with Crippen molar-refractivity contribution in [2.45, 2.75) is 6.54 Å². The number of fused-ring (bicyclic) bond motifs is 1. The Bertz CT molecular complexity index is 991. The van der Waals surface area contributed by atoms with Gasteiger partial charge in [-0.1, -0.05) is 18.2 Å². The maximum Gasteiger partial charge on any atom is 0.349 e. The smallest absolute Gasteiger partial charge is 0.349 e. The largest absolute Gasteiger partial charge is 0.422 e.